The molecule has 0 aliphatic carbocycles. The quantitative estimate of drug-likeness (QED) is 0.360. The molecular weight excluding hydrogens is 355 g/mol. The van der Waals surface area contributed by atoms with Gasteiger partial charge in [0.2, 0.25) is 6.08 Å². The standard InChI is InChI=1S/C9H5BrF3NO4S/c1-5-2-8(7(14-4-15)3-6(5)10)18-19(16,17)9(11,12)13/h2-3H,1H3. The van der Waals surface area contributed by atoms with Gasteiger partial charge >= 0.3 is 15.6 Å². The number of alkyl halides is 3. The summed E-state index contributed by atoms with van der Waals surface area (Å²) in [4.78, 5) is 13.2. The van der Waals surface area contributed by atoms with Gasteiger partial charge in [0.25, 0.3) is 0 Å². The first-order valence-corrected chi connectivity index (χ1v) is 6.67. The van der Waals surface area contributed by atoms with Crippen molar-refractivity contribution in [1.29, 1.82) is 0 Å². The van der Waals surface area contributed by atoms with Crippen LogP contribution in [0, 0.1) is 6.92 Å². The minimum Gasteiger partial charge on any atom is -0.374 e. The highest BCUT2D eigenvalue weighted by atomic mass is 79.9. The second-order valence-corrected chi connectivity index (χ2v) is 5.65. The van der Waals surface area contributed by atoms with Gasteiger partial charge in [-0.2, -0.15) is 26.6 Å². The number of hydrogen-bond acceptors (Lipinski definition) is 5. The van der Waals surface area contributed by atoms with Gasteiger partial charge in [-0.3, -0.25) is 0 Å². The molecule has 1 rings (SSSR count). The summed E-state index contributed by atoms with van der Waals surface area (Å²) in [5, 5.41) is 0. The molecule has 0 saturated carbocycles. The molecule has 0 atom stereocenters. The number of benzene rings is 1. The van der Waals surface area contributed by atoms with Crippen molar-refractivity contribution in [2.45, 2.75) is 12.4 Å². The first-order chi connectivity index (χ1) is 8.58. The molecule has 0 unspecified atom stereocenters. The molecule has 0 aliphatic rings. The Kier molecular flexibility index (Phi) is 4.39. The summed E-state index contributed by atoms with van der Waals surface area (Å²) in [5.41, 5.74) is -5.56. The normalized spacial score (nSPS) is 11.8. The monoisotopic (exact) mass is 359 g/mol. The summed E-state index contributed by atoms with van der Waals surface area (Å²) in [5.74, 6) is -0.707. The van der Waals surface area contributed by atoms with Crippen LogP contribution in [0.25, 0.3) is 0 Å². The van der Waals surface area contributed by atoms with E-state index in [1.807, 2.05) is 0 Å². The van der Waals surface area contributed by atoms with Gasteiger partial charge in [0.1, 0.15) is 5.69 Å². The molecule has 0 heterocycles. The van der Waals surface area contributed by atoms with E-state index in [0.717, 1.165) is 18.2 Å². The van der Waals surface area contributed by atoms with Crippen LogP contribution in [0.15, 0.2) is 21.6 Å². The molecule has 0 aliphatic heterocycles. The van der Waals surface area contributed by atoms with Gasteiger partial charge in [0, 0.05) is 4.47 Å². The lowest BCUT2D eigenvalue weighted by atomic mass is 10.2. The molecule has 0 N–H and O–H groups in total. The van der Waals surface area contributed by atoms with Crippen molar-refractivity contribution in [1.82, 2.24) is 0 Å². The molecule has 19 heavy (non-hydrogen) atoms. The van der Waals surface area contributed by atoms with Crippen LogP contribution in [0.3, 0.4) is 0 Å². The van der Waals surface area contributed by atoms with Gasteiger partial charge in [-0.15, -0.1) is 0 Å². The van der Waals surface area contributed by atoms with Crippen LogP contribution in [-0.2, 0) is 14.9 Å². The molecule has 0 radical (unpaired) electrons. The van der Waals surface area contributed by atoms with E-state index in [9.17, 15) is 26.4 Å². The van der Waals surface area contributed by atoms with Gasteiger partial charge in [0.05, 0.1) is 0 Å². The number of aliphatic imine (C=N–C) groups is 1. The van der Waals surface area contributed by atoms with E-state index in [1.165, 1.54) is 6.92 Å². The number of halogens is 4. The van der Waals surface area contributed by atoms with Gasteiger partial charge in [-0.1, -0.05) is 15.9 Å². The second-order valence-electron chi connectivity index (χ2n) is 3.26. The highest BCUT2D eigenvalue weighted by molar-refractivity contribution is 9.10. The van der Waals surface area contributed by atoms with Crippen molar-refractivity contribution in [2.24, 2.45) is 4.99 Å². The van der Waals surface area contributed by atoms with E-state index < -0.39 is 21.4 Å². The van der Waals surface area contributed by atoms with E-state index in [-0.39, 0.29) is 5.69 Å². The minimum absolute atomic E-state index is 0.389. The molecule has 0 spiro atoms. The van der Waals surface area contributed by atoms with Crippen LogP contribution in [0.1, 0.15) is 5.56 Å². The Hall–Kier alpha value is -1.38. The van der Waals surface area contributed by atoms with Crippen molar-refractivity contribution in [3.8, 4) is 5.75 Å². The summed E-state index contributed by atoms with van der Waals surface area (Å²) < 4.78 is 62.7. The molecule has 104 valence electrons. The van der Waals surface area contributed by atoms with Gasteiger partial charge < -0.3 is 4.18 Å². The summed E-state index contributed by atoms with van der Waals surface area (Å²) in [6.07, 6.45) is 1.09. The van der Waals surface area contributed by atoms with E-state index in [4.69, 9.17) is 0 Å². The maximum atomic E-state index is 12.2. The predicted molar refractivity (Wildman–Crippen MR) is 62.3 cm³/mol. The Labute approximate surface area is 114 Å². The van der Waals surface area contributed by atoms with E-state index in [2.05, 4.69) is 25.1 Å². The van der Waals surface area contributed by atoms with Crippen molar-refractivity contribution >= 4 is 37.8 Å². The third kappa shape index (κ3) is 3.55. The van der Waals surface area contributed by atoms with E-state index in [0.29, 0.717) is 10.0 Å². The van der Waals surface area contributed by atoms with Gasteiger partial charge in [-0.05, 0) is 24.6 Å². The Balaban J connectivity index is 3.36. The topological polar surface area (TPSA) is 72.8 Å². The SMILES string of the molecule is Cc1cc(OS(=O)(=O)C(F)(F)F)c(N=C=O)cc1Br. The Morgan fingerprint density at radius 1 is 1.37 bits per heavy atom. The fourth-order valence-corrected chi connectivity index (χ4v) is 1.81. The number of rotatable bonds is 3. The molecular formula is C9H5BrF3NO4S. The van der Waals surface area contributed by atoms with Crippen molar-refractivity contribution in [3.63, 3.8) is 0 Å². The maximum Gasteiger partial charge on any atom is 0.534 e. The maximum absolute atomic E-state index is 12.2. The van der Waals surface area contributed by atoms with Gasteiger partial charge in [0.15, 0.2) is 5.75 Å². The number of aryl methyl sites for hydroxylation is 1. The van der Waals surface area contributed by atoms with Crippen LogP contribution < -0.4 is 4.18 Å². The average Bonchev–Trinajstić information content (AvgIpc) is 2.23. The van der Waals surface area contributed by atoms with Crippen LogP contribution >= 0.6 is 15.9 Å². The van der Waals surface area contributed by atoms with E-state index >= 15 is 0 Å². The summed E-state index contributed by atoms with van der Waals surface area (Å²) in [7, 11) is -5.83. The average molecular weight is 360 g/mol. The van der Waals surface area contributed by atoms with Crippen LogP contribution in [0.2, 0.25) is 0 Å². The Morgan fingerprint density at radius 3 is 2.42 bits per heavy atom. The van der Waals surface area contributed by atoms with Crippen LogP contribution in [0.4, 0.5) is 18.9 Å². The molecule has 1 aromatic carbocycles. The molecule has 0 amide bonds. The molecule has 1 aromatic rings. The lowest BCUT2D eigenvalue weighted by Gasteiger charge is -2.11. The number of carbonyl (C=O) groups excluding carboxylic acids is 1. The van der Waals surface area contributed by atoms with E-state index in [1.54, 1.807) is 0 Å². The minimum atomic E-state index is -5.83. The second kappa shape index (κ2) is 5.32. The Bertz CT molecular complexity index is 650. The van der Waals surface area contributed by atoms with Gasteiger partial charge in [-0.25, -0.2) is 4.79 Å². The largest absolute Gasteiger partial charge is 0.534 e. The van der Waals surface area contributed by atoms with Crippen molar-refractivity contribution < 1.29 is 30.6 Å². The summed E-state index contributed by atoms with van der Waals surface area (Å²) in [6, 6.07) is 2.14. The zero-order valence-corrected chi connectivity index (χ0v) is 11.6. The fourth-order valence-electron chi connectivity index (χ4n) is 1.01. The van der Waals surface area contributed by atoms with Crippen LogP contribution in [0.5, 0.6) is 5.75 Å². The lowest BCUT2D eigenvalue weighted by Crippen LogP contribution is -2.28. The predicted octanol–water partition coefficient (Wildman–Crippen LogP) is 2.95. The highest BCUT2D eigenvalue weighted by Gasteiger charge is 2.48. The number of hydrogen-bond donors (Lipinski definition) is 0. The van der Waals surface area contributed by atoms with Crippen molar-refractivity contribution in [3.05, 3.63) is 22.2 Å². The Morgan fingerprint density at radius 2 is 1.95 bits per heavy atom. The first kappa shape index (κ1) is 15.7. The van der Waals surface area contributed by atoms with Crippen molar-refractivity contribution in [2.75, 3.05) is 0 Å². The summed E-state index contributed by atoms with van der Waals surface area (Å²) in [6.45, 7) is 1.49. The fraction of sp³-hybridized carbons (Fsp3) is 0.222. The number of nitrogens with zero attached hydrogens (tertiary/aromatic N) is 1. The van der Waals surface area contributed by atoms with Crippen LogP contribution in [-0.4, -0.2) is 20.0 Å². The molecule has 10 heteroatoms. The zero-order chi connectivity index (χ0) is 14.8. The molecule has 0 aromatic heterocycles. The smallest absolute Gasteiger partial charge is 0.374 e. The lowest BCUT2D eigenvalue weighted by molar-refractivity contribution is -0.0499. The molecule has 5 nitrogen and oxygen atoms in total. The molecule has 0 saturated heterocycles. The zero-order valence-electron chi connectivity index (χ0n) is 9.16. The molecule has 0 fully saturated rings. The highest BCUT2D eigenvalue weighted by Crippen LogP contribution is 2.36. The molecule has 0 bridgehead atoms. The summed E-state index contributed by atoms with van der Waals surface area (Å²) >= 11 is 3.05. The third-order valence-corrected chi connectivity index (χ3v) is 3.71. The number of isocyanates is 1. The third-order valence-electron chi connectivity index (χ3n) is 1.89. The first-order valence-electron chi connectivity index (χ1n) is 4.47.